The molecule has 1 atom stereocenters. The Balaban J connectivity index is 1.33. The minimum Gasteiger partial charge on any atom is -0.360 e. The summed E-state index contributed by atoms with van der Waals surface area (Å²) in [6.07, 6.45) is 6.26. The molecule has 4 heterocycles. The average Bonchev–Trinajstić information content (AvgIpc) is 3.20. The monoisotopic (exact) mass is 405 g/mol. The van der Waals surface area contributed by atoms with E-state index in [2.05, 4.69) is 22.1 Å². The maximum atomic E-state index is 13.5. The van der Waals surface area contributed by atoms with Gasteiger partial charge >= 0.3 is 0 Å². The number of hydrogen-bond donors (Lipinski definition) is 1. The van der Waals surface area contributed by atoms with Crippen LogP contribution in [0, 0.1) is 5.41 Å². The quantitative estimate of drug-likeness (QED) is 0.723. The summed E-state index contributed by atoms with van der Waals surface area (Å²) in [6, 6.07) is 7.99. The van der Waals surface area contributed by atoms with Crippen LogP contribution in [0.25, 0.3) is 10.9 Å². The van der Waals surface area contributed by atoms with Crippen LogP contribution >= 0.6 is 0 Å². The van der Waals surface area contributed by atoms with Gasteiger partial charge < -0.3 is 19.3 Å². The number of hydrogen-bond acceptors (Lipinski definition) is 5. The van der Waals surface area contributed by atoms with Crippen molar-refractivity contribution in [1.82, 2.24) is 24.9 Å². The van der Waals surface area contributed by atoms with E-state index in [0.717, 1.165) is 73.5 Å². The van der Waals surface area contributed by atoms with E-state index in [4.69, 9.17) is 9.51 Å². The molecule has 2 aromatic heterocycles. The Labute approximate surface area is 175 Å². The van der Waals surface area contributed by atoms with Crippen molar-refractivity contribution in [1.29, 1.82) is 0 Å². The predicted molar refractivity (Wildman–Crippen MR) is 112 cm³/mol. The molecule has 3 fully saturated rings. The normalized spacial score (nSPS) is 24.2. The second-order valence-corrected chi connectivity index (χ2v) is 9.42. The second kappa shape index (κ2) is 6.67. The molecule has 6 rings (SSSR count). The summed E-state index contributed by atoms with van der Waals surface area (Å²) in [5, 5.41) is 5.25. The number of carbonyl (C=O) groups excluding carboxylic acids is 1. The van der Waals surface area contributed by atoms with Gasteiger partial charge in [0.25, 0.3) is 5.91 Å². The Kier molecular flexibility index (Phi) is 4.03. The molecular weight excluding hydrogens is 378 g/mol. The van der Waals surface area contributed by atoms with Gasteiger partial charge in [-0.05, 0) is 51.9 Å². The third-order valence-corrected chi connectivity index (χ3v) is 7.44. The number of para-hydroxylation sites is 1. The van der Waals surface area contributed by atoms with Gasteiger partial charge in [-0.2, -0.15) is 4.98 Å². The van der Waals surface area contributed by atoms with Gasteiger partial charge in [-0.15, -0.1) is 0 Å². The average molecular weight is 406 g/mol. The van der Waals surface area contributed by atoms with Crippen molar-refractivity contribution >= 4 is 16.8 Å². The smallest absolute Gasteiger partial charge is 0.256 e. The van der Waals surface area contributed by atoms with Crippen LogP contribution in [-0.2, 0) is 0 Å². The summed E-state index contributed by atoms with van der Waals surface area (Å²) < 4.78 is 5.77. The molecule has 1 amide bonds. The SMILES string of the molecule is CN1CCC2(CC1)CN(C(=O)c1c[nH]c3ccccc13)CC2c1nc(C2CC2)no1. The van der Waals surface area contributed by atoms with Gasteiger partial charge in [0.2, 0.25) is 5.89 Å². The molecule has 30 heavy (non-hydrogen) atoms. The third kappa shape index (κ3) is 2.87. The molecule has 0 radical (unpaired) electrons. The summed E-state index contributed by atoms with van der Waals surface area (Å²) in [5.41, 5.74) is 1.76. The standard InChI is InChI=1S/C23H27N5O2/c1-27-10-8-23(9-11-27)14-28(13-18(23)21-25-20(26-30-21)15-6-7-15)22(29)17-12-24-19-5-3-2-4-16(17)19/h2-5,12,15,18,24H,6-11,13-14H2,1H3. The predicted octanol–water partition coefficient (Wildman–Crippen LogP) is 3.38. The lowest BCUT2D eigenvalue weighted by atomic mass is 9.71. The van der Waals surface area contributed by atoms with Crippen LogP contribution in [0.15, 0.2) is 35.0 Å². The van der Waals surface area contributed by atoms with Crippen LogP contribution in [0.1, 0.15) is 59.6 Å². The van der Waals surface area contributed by atoms with Crippen LogP contribution in [0.4, 0.5) is 0 Å². The highest BCUT2D eigenvalue weighted by Crippen LogP contribution is 2.50. The van der Waals surface area contributed by atoms with E-state index in [1.54, 1.807) is 0 Å². The highest BCUT2D eigenvalue weighted by molar-refractivity contribution is 6.06. The topological polar surface area (TPSA) is 78.3 Å². The summed E-state index contributed by atoms with van der Waals surface area (Å²) in [6.45, 7) is 3.48. The first-order valence-corrected chi connectivity index (χ1v) is 11.0. The van der Waals surface area contributed by atoms with Crippen molar-refractivity contribution in [2.45, 2.75) is 37.5 Å². The number of carbonyl (C=O) groups is 1. The number of aromatic amines is 1. The van der Waals surface area contributed by atoms with Gasteiger partial charge in [0.1, 0.15) is 0 Å². The molecule has 1 N–H and O–H groups in total. The molecule has 3 aromatic rings. The van der Waals surface area contributed by atoms with Crippen LogP contribution in [0.2, 0.25) is 0 Å². The van der Waals surface area contributed by atoms with Crippen molar-refractivity contribution < 1.29 is 9.32 Å². The number of aromatic nitrogens is 3. The Morgan fingerprint density at radius 1 is 1.23 bits per heavy atom. The molecule has 1 aromatic carbocycles. The molecule has 2 aliphatic heterocycles. The van der Waals surface area contributed by atoms with Crippen molar-refractivity contribution in [3.05, 3.63) is 47.7 Å². The highest BCUT2D eigenvalue weighted by Gasteiger charge is 2.52. The fourth-order valence-corrected chi connectivity index (χ4v) is 5.35. The summed E-state index contributed by atoms with van der Waals surface area (Å²) in [4.78, 5) is 26.0. The summed E-state index contributed by atoms with van der Waals surface area (Å²) in [5.74, 6) is 2.27. The lowest BCUT2D eigenvalue weighted by Gasteiger charge is -2.40. The van der Waals surface area contributed by atoms with Gasteiger partial charge in [-0.3, -0.25) is 4.79 Å². The molecule has 1 unspecified atom stereocenters. The third-order valence-electron chi connectivity index (χ3n) is 7.44. The molecule has 7 heteroatoms. The van der Waals surface area contributed by atoms with Crippen LogP contribution in [0.3, 0.4) is 0 Å². The van der Waals surface area contributed by atoms with E-state index >= 15 is 0 Å². The van der Waals surface area contributed by atoms with Gasteiger partial charge in [0.05, 0.1) is 11.5 Å². The molecule has 3 aliphatic rings. The minimum atomic E-state index is 0.0155. The molecule has 1 aliphatic carbocycles. The highest BCUT2D eigenvalue weighted by atomic mass is 16.5. The van der Waals surface area contributed by atoms with Gasteiger partial charge in [-0.25, -0.2) is 0 Å². The first kappa shape index (κ1) is 18.1. The number of rotatable bonds is 3. The van der Waals surface area contributed by atoms with Crippen LogP contribution < -0.4 is 0 Å². The molecule has 1 saturated carbocycles. The van der Waals surface area contributed by atoms with Crippen LogP contribution in [-0.4, -0.2) is 64.1 Å². The number of likely N-dealkylation sites (tertiary alicyclic amines) is 2. The van der Waals surface area contributed by atoms with E-state index in [1.807, 2.05) is 35.4 Å². The zero-order valence-electron chi connectivity index (χ0n) is 17.3. The van der Waals surface area contributed by atoms with E-state index < -0.39 is 0 Å². The van der Waals surface area contributed by atoms with E-state index in [1.165, 1.54) is 0 Å². The van der Waals surface area contributed by atoms with E-state index in [0.29, 0.717) is 12.5 Å². The van der Waals surface area contributed by atoms with Crippen molar-refractivity contribution in [3.8, 4) is 0 Å². The molecule has 1 spiro atoms. The van der Waals surface area contributed by atoms with Gasteiger partial charge in [-0.1, -0.05) is 23.4 Å². The number of amides is 1. The molecule has 156 valence electrons. The van der Waals surface area contributed by atoms with Crippen molar-refractivity contribution in [2.24, 2.45) is 5.41 Å². The Morgan fingerprint density at radius 2 is 2.03 bits per heavy atom. The molecule has 2 saturated heterocycles. The number of H-pyrrole nitrogens is 1. The van der Waals surface area contributed by atoms with Gasteiger partial charge in [0, 0.05) is 41.5 Å². The fraction of sp³-hybridized carbons (Fsp3) is 0.522. The lowest BCUT2D eigenvalue weighted by molar-refractivity contribution is 0.0727. The zero-order chi connectivity index (χ0) is 20.3. The first-order valence-electron chi connectivity index (χ1n) is 11.0. The second-order valence-electron chi connectivity index (χ2n) is 9.42. The minimum absolute atomic E-state index is 0.0155. The maximum Gasteiger partial charge on any atom is 0.256 e. The number of nitrogens with zero attached hydrogens (tertiary/aromatic N) is 4. The first-order chi connectivity index (χ1) is 14.6. The van der Waals surface area contributed by atoms with Crippen molar-refractivity contribution in [3.63, 3.8) is 0 Å². The lowest BCUT2D eigenvalue weighted by Crippen LogP contribution is -2.42. The number of nitrogens with one attached hydrogen (secondary N) is 1. The summed E-state index contributed by atoms with van der Waals surface area (Å²) >= 11 is 0. The Bertz CT molecular complexity index is 1090. The van der Waals surface area contributed by atoms with Crippen molar-refractivity contribution in [2.75, 3.05) is 33.2 Å². The Morgan fingerprint density at radius 3 is 2.83 bits per heavy atom. The fourth-order valence-electron chi connectivity index (χ4n) is 5.35. The Hall–Kier alpha value is -2.67. The number of fused-ring (bicyclic) bond motifs is 1. The number of benzene rings is 1. The zero-order valence-corrected chi connectivity index (χ0v) is 17.3. The molecule has 0 bridgehead atoms. The molecular formula is C23H27N5O2. The number of piperidine rings is 1. The summed E-state index contributed by atoms with van der Waals surface area (Å²) in [7, 11) is 2.17. The largest absolute Gasteiger partial charge is 0.360 e. The molecule has 7 nitrogen and oxygen atoms in total. The van der Waals surface area contributed by atoms with E-state index in [9.17, 15) is 4.79 Å². The van der Waals surface area contributed by atoms with E-state index in [-0.39, 0.29) is 17.2 Å². The maximum absolute atomic E-state index is 13.5. The van der Waals surface area contributed by atoms with Crippen LogP contribution in [0.5, 0.6) is 0 Å². The van der Waals surface area contributed by atoms with Gasteiger partial charge in [0.15, 0.2) is 5.82 Å².